The molecule has 0 aromatic heterocycles. The standard InChI is InChI=1S/C20H16.C7H8O3S/c1-14-11-12-18-17-10-6-5-9-16(17)13-19(18)20(14)15-7-3-2-4-8-15;1-6-2-4-7(5-3-6)11(8,9)10/h2-12H,13H2,1H3;2-5H,1H3,(H,8,9,10). The second-order valence-corrected chi connectivity index (χ2v) is 9.19. The summed E-state index contributed by atoms with van der Waals surface area (Å²) < 4.78 is 29.6. The van der Waals surface area contributed by atoms with Crippen LogP contribution in [0.1, 0.15) is 22.3 Å². The Kier molecular flexibility index (Phi) is 5.77. The fourth-order valence-electron chi connectivity index (χ4n) is 4.05. The van der Waals surface area contributed by atoms with Gasteiger partial charge in [-0.3, -0.25) is 4.55 Å². The molecule has 5 rings (SSSR count). The van der Waals surface area contributed by atoms with Crippen LogP contribution in [-0.4, -0.2) is 13.0 Å². The van der Waals surface area contributed by atoms with E-state index in [1.54, 1.807) is 12.1 Å². The van der Waals surface area contributed by atoms with Crippen LogP contribution < -0.4 is 0 Å². The number of benzene rings is 4. The molecule has 0 bridgehead atoms. The number of fused-ring (bicyclic) bond motifs is 3. The van der Waals surface area contributed by atoms with E-state index in [0.29, 0.717) is 0 Å². The minimum Gasteiger partial charge on any atom is -0.282 e. The van der Waals surface area contributed by atoms with Crippen LogP contribution in [0, 0.1) is 13.8 Å². The summed E-state index contributed by atoms with van der Waals surface area (Å²) in [6.45, 7) is 4.05. The molecule has 1 N–H and O–H groups in total. The summed E-state index contributed by atoms with van der Waals surface area (Å²) >= 11 is 0. The van der Waals surface area contributed by atoms with Crippen molar-refractivity contribution in [2.45, 2.75) is 25.2 Å². The molecule has 0 atom stereocenters. The van der Waals surface area contributed by atoms with Gasteiger partial charge in [0, 0.05) is 0 Å². The Morgan fingerprint density at radius 2 is 1.35 bits per heavy atom. The molecule has 4 aromatic carbocycles. The molecular formula is C27H24O3S. The van der Waals surface area contributed by atoms with Gasteiger partial charge in [0.1, 0.15) is 0 Å². The first-order valence-electron chi connectivity index (χ1n) is 10.1. The van der Waals surface area contributed by atoms with E-state index in [0.717, 1.165) is 12.0 Å². The van der Waals surface area contributed by atoms with E-state index in [-0.39, 0.29) is 4.90 Å². The van der Waals surface area contributed by atoms with Crippen LogP contribution in [-0.2, 0) is 16.5 Å². The molecule has 3 nitrogen and oxygen atoms in total. The number of hydrogen-bond acceptors (Lipinski definition) is 2. The Bertz CT molecular complexity index is 1320. The summed E-state index contributed by atoms with van der Waals surface area (Å²) in [5.41, 5.74) is 10.8. The predicted molar refractivity (Wildman–Crippen MR) is 126 cm³/mol. The topological polar surface area (TPSA) is 54.4 Å². The lowest BCUT2D eigenvalue weighted by Gasteiger charge is -2.12. The highest BCUT2D eigenvalue weighted by molar-refractivity contribution is 7.85. The SMILES string of the molecule is Cc1ccc(S(=O)(=O)O)cc1.Cc1ccc2c(c1-c1ccccc1)Cc1ccccc1-2. The van der Waals surface area contributed by atoms with Gasteiger partial charge in [-0.05, 0) is 71.3 Å². The Morgan fingerprint density at radius 1 is 0.710 bits per heavy atom. The van der Waals surface area contributed by atoms with Gasteiger partial charge in [0.15, 0.2) is 0 Å². The molecule has 1 aliphatic carbocycles. The number of rotatable bonds is 2. The molecule has 0 fully saturated rings. The van der Waals surface area contributed by atoms with Crippen molar-refractivity contribution >= 4 is 10.1 Å². The second-order valence-electron chi connectivity index (χ2n) is 7.77. The highest BCUT2D eigenvalue weighted by atomic mass is 32.2. The van der Waals surface area contributed by atoms with Gasteiger partial charge >= 0.3 is 0 Å². The molecule has 0 saturated carbocycles. The molecule has 0 radical (unpaired) electrons. The van der Waals surface area contributed by atoms with Crippen LogP contribution in [0.4, 0.5) is 0 Å². The minimum atomic E-state index is -4.02. The van der Waals surface area contributed by atoms with E-state index in [4.69, 9.17) is 4.55 Å². The molecular weight excluding hydrogens is 404 g/mol. The van der Waals surface area contributed by atoms with E-state index in [1.807, 2.05) is 6.92 Å². The third kappa shape index (κ3) is 4.46. The van der Waals surface area contributed by atoms with Crippen LogP contribution in [0.2, 0.25) is 0 Å². The largest absolute Gasteiger partial charge is 0.294 e. The zero-order chi connectivity index (χ0) is 22.0. The fourth-order valence-corrected chi connectivity index (χ4v) is 4.53. The molecule has 4 aromatic rings. The van der Waals surface area contributed by atoms with Gasteiger partial charge in [0.05, 0.1) is 4.90 Å². The van der Waals surface area contributed by atoms with E-state index in [2.05, 4.69) is 73.7 Å². The van der Waals surface area contributed by atoms with Gasteiger partial charge in [-0.2, -0.15) is 8.42 Å². The summed E-state index contributed by atoms with van der Waals surface area (Å²) in [4.78, 5) is -0.0666. The average molecular weight is 429 g/mol. The minimum absolute atomic E-state index is 0.0666. The van der Waals surface area contributed by atoms with Crippen molar-refractivity contribution in [3.05, 3.63) is 113 Å². The lowest BCUT2D eigenvalue weighted by molar-refractivity contribution is 0.483. The summed E-state index contributed by atoms with van der Waals surface area (Å²) in [6, 6.07) is 30.0. The maximum Gasteiger partial charge on any atom is 0.294 e. The number of aryl methyl sites for hydroxylation is 2. The summed E-state index contributed by atoms with van der Waals surface area (Å²) in [7, 11) is -4.02. The van der Waals surface area contributed by atoms with E-state index in [1.165, 1.54) is 51.1 Å². The Balaban J connectivity index is 0.000000180. The van der Waals surface area contributed by atoms with Gasteiger partial charge in [0.2, 0.25) is 0 Å². The molecule has 0 unspecified atom stereocenters. The van der Waals surface area contributed by atoms with Crippen molar-refractivity contribution in [3.8, 4) is 22.3 Å². The zero-order valence-corrected chi connectivity index (χ0v) is 18.4. The van der Waals surface area contributed by atoms with Crippen LogP contribution in [0.5, 0.6) is 0 Å². The lowest BCUT2D eigenvalue weighted by atomic mass is 9.92. The summed E-state index contributed by atoms with van der Waals surface area (Å²) in [6.07, 6.45) is 1.05. The molecule has 0 spiro atoms. The normalized spacial score (nSPS) is 11.8. The summed E-state index contributed by atoms with van der Waals surface area (Å²) in [5, 5.41) is 0. The first kappa shape index (κ1) is 21.0. The first-order chi connectivity index (χ1) is 14.8. The Labute approximate surface area is 183 Å². The molecule has 4 heteroatoms. The highest BCUT2D eigenvalue weighted by Gasteiger charge is 2.22. The van der Waals surface area contributed by atoms with Crippen LogP contribution in [0.3, 0.4) is 0 Å². The van der Waals surface area contributed by atoms with Crippen LogP contribution in [0.15, 0.2) is 95.9 Å². The average Bonchev–Trinajstić information content (AvgIpc) is 3.13. The number of hydrogen-bond donors (Lipinski definition) is 1. The van der Waals surface area contributed by atoms with Gasteiger partial charge < -0.3 is 0 Å². The molecule has 0 aliphatic heterocycles. The van der Waals surface area contributed by atoms with Crippen LogP contribution in [0.25, 0.3) is 22.3 Å². The molecule has 0 heterocycles. The molecule has 0 saturated heterocycles. The van der Waals surface area contributed by atoms with E-state index < -0.39 is 10.1 Å². The van der Waals surface area contributed by atoms with Crippen molar-refractivity contribution in [1.82, 2.24) is 0 Å². The zero-order valence-electron chi connectivity index (χ0n) is 17.5. The van der Waals surface area contributed by atoms with Gasteiger partial charge in [-0.1, -0.05) is 84.4 Å². The van der Waals surface area contributed by atoms with Crippen molar-refractivity contribution < 1.29 is 13.0 Å². The van der Waals surface area contributed by atoms with E-state index in [9.17, 15) is 8.42 Å². The molecule has 156 valence electrons. The first-order valence-corrected chi connectivity index (χ1v) is 11.6. The molecule has 0 amide bonds. The maximum atomic E-state index is 10.5. The van der Waals surface area contributed by atoms with Gasteiger partial charge in [-0.15, -0.1) is 0 Å². The molecule has 31 heavy (non-hydrogen) atoms. The van der Waals surface area contributed by atoms with Gasteiger partial charge in [0.25, 0.3) is 10.1 Å². The Morgan fingerprint density at radius 3 is 2.03 bits per heavy atom. The maximum absolute atomic E-state index is 10.5. The second kappa shape index (κ2) is 8.50. The monoisotopic (exact) mass is 428 g/mol. The third-order valence-electron chi connectivity index (χ3n) is 5.58. The summed E-state index contributed by atoms with van der Waals surface area (Å²) in [5.74, 6) is 0. The van der Waals surface area contributed by atoms with Crippen molar-refractivity contribution in [2.75, 3.05) is 0 Å². The quantitative estimate of drug-likeness (QED) is 0.328. The van der Waals surface area contributed by atoms with Crippen molar-refractivity contribution in [3.63, 3.8) is 0 Å². The fraction of sp³-hybridized carbons (Fsp3) is 0.111. The van der Waals surface area contributed by atoms with Crippen molar-refractivity contribution in [1.29, 1.82) is 0 Å². The Hall–Kier alpha value is -3.21. The lowest BCUT2D eigenvalue weighted by Crippen LogP contribution is -1.96. The van der Waals surface area contributed by atoms with Crippen LogP contribution >= 0.6 is 0 Å². The smallest absolute Gasteiger partial charge is 0.282 e. The van der Waals surface area contributed by atoms with E-state index >= 15 is 0 Å². The molecule has 1 aliphatic rings. The van der Waals surface area contributed by atoms with Gasteiger partial charge in [-0.25, -0.2) is 0 Å². The van der Waals surface area contributed by atoms with Crippen molar-refractivity contribution in [2.24, 2.45) is 0 Å². The predicted octanol–water partition coefficient (Wildman–Crippen LogP) is 6.47. The third-order valence-corrected chi connectivity index (χ3v) is 6.45. The highest BCUT2D eigenvalue weighted by Crippen LogP contribution is 2.42.